The highest BCUT2D eigenvalue weighted by atomic mass is 32.2. The lowest BCUT2D eigenvalue weighted by atomic mass is 10.1. The van der Waals surface area contributed by atoms with E-state index in [1.807, 2.05) is 18.8 Å². The zero-order valence-electron chi connectivity index (χ0n) is 11.5. The summed E-state index contributed by atoms with van der Waals surface area (Å²) >= 11 is 1.90. The van der Waals surface area contributed by atoms with Crippen LogP contribution < -0.4 is 10.1 Å². The highest BCUT2D eigenvalue weighted by molar-refractivity contribution is 8.00. The van der Waals surface area contributed by atoms with Gasteiger partial charge >= 0.3 is 0 Å². The Labute approximate surface area is 109 Å². The third-order valence-corrected chi connectivity index (χ3v) is 4.37. The SMILES string of the molecule is CCC(CNC)Sc1cc(C)c(C)cc1OC. The largest absolute Gasteiger partial charge is 0.496 e. The fourth-order valence-corrected chi connectivity index (χ4v) is 2.97. The first-order chi connectivity index (χ1) is 8.12. The van der Waals surface area contributed by atoms with Gasteiger partial charge in [-0.1, -0.05) is 6.92 Å². The van der Waals surface area contributed by atoms with Gasteiger partial charge in [0.05, 0.1) is 7.11 Å². The Kier molecular flexibility index (Phi) is 5.86. The Morgan fingerprint density at radius 1 is 1.29 bits per heavy atom. The van der Waals surface area contributed by atoms with Crippen molar-refractivity contribution in [2.75, 3.05) is 20.7 Å². The molecular formula is C14H23NOS. The summed E-state index contributed by atoms with van der Waals surface area (Å²) in [6, 6.07) is 4.36. The van der Waals surface area contributed by atoms with Gasteiger partial charge in [0.2, 0.25) is 0 Å². The van der Waals surface area contributed by atoms with Gasteiger partial charge in [0.15, 0.2) is 0 Å². The molecule has 1 N–H and O–H groups in total. The second-order valence-corrected chi connectivity index (χ2v) is 5.64. The molecule has 1 aromatic carbocycles. The maximum atomic E-state index is 5.46. The molecule has 1 atom stereocenters. The minimum absolute atomic E-state index is 0.594. The summed E-state index contributed by atoms with van der Waals surface area (Å²) in [5.74, 6) is 0.993. The van der Waals surface area contributed by atoms with E-state index < -0.39 is 0 Å². The number of ether oxygens (including phenoxy) is 1. The monoisotopic (exact) mass is 253 g/mol. The van der Waals surface area contributed by atoms with Gasteiger partial charge in [0, 0.05) is 16.7 Å². The van der Waals surface area contributed by atoms with Crippen LogP contribution in [0.5, 0.6) is 5.75 Å². The molecule has 0 bridgehead atoms. The lowest BCUT2D eigenvalue weighted by molar-refractivity contribution is 0.404. The van der Waals surface area contributed by atoms with Gasteiger partial charge in [-0.25, -0.2) is 0 Å². The summed E-state index contributed by atoms with van der Waals surface area (Å²) in [5, 5.41) is 3.83. The molecule has 0 aliphatic heterocycles. The smallest absolute Gasteiger partial charge is 0.132 e. The first kappa shape index (κ1) is 14.4. The molecule has 0 aliphatic carbocycles. The number of aryl methyl sites for hydroxylation is 2. The van der Waals surface area contributed by atoms with Crippen molar-refractivity contribution in [2.45, 2.75) is 37.3 Å². The summed E-state index contributed by atoms with van der Waals surface area (Å²) in [6.07, 6.45) is 1.15. The van der Waals surface area contributed by atoms with E-state index in [9.17, 15) is 0 Å². The molecule has 1 rings (SSSR count). The van der Waals surface area contributed by atoms with Crippen molar-refractivity contribution >= 4 is 11.8 Å². The first-order valence-electron chi connectivity index (χ1n) is 6.08. The molecule has 0 amide bonds. The predicted octanol–water partition coefficient (Wildman–Crippen LogP) is 3.40. The molecule has 17 heavy (non-hydrogen) atoms. The van der Waals surface area contributed by atoms with Crippen molar-refractivity contribution in [2.24, 2.45) is 0 Å². The minimum atomic E-state index is 0.594. The van der Waals surface area contributed by atoms with Gasteiger partial charge in [-0.3, -0.25) is 0 Å². The Morgan fingerprint density at radius 2 is 1.94 bits per heavy atom. The number of benzene rings is 1. The van der Waals surface area contributed by atoms with Crippen molar-refractivity contribution in [1.29, 1.82) is 0 Å². The fourth-order valence-electron chi connectivity index (χ4n) is 1.69. The standard InChI is InChI=1S/C14H23NOS/c1-6-12(9-15-4)17-14-8-11(3)10(2)7-13(14)16-5/h7-8,12,15H,6,9H2,1-5H3. The van der Waals surface area contributed by atoms with E-state index in [-0.39, 0.29) is 0 Å². The summed E-state index contributed by atoms with van der Waals surface area (Å²) in [7, 11) is 3.74. The molecule has 0 aliphatic rings. The van der Waals surface area contributed by atoms with Crippen LogP contribution in [0.25, 0.3) is 0 Å². The Hall–Kier alpha value is -0.670. The predicted molar refractivity (Wildman–Crippen MR) is 76.3 cm³/mol. The van der Waals surface area contributed by atoms with Crippen LogP contribution in [0.1, 0.15) is 24.5 Å². The van der Waals surface area contributed by atoms with Crippen LogP contribution in [-0.2, 0) is 0 Å². The van der Waals surface area contributed by atoms with Crippen LogP contribution >= 0.6 is 11.8 Å². The van der Waals surface area contributed by atoms with Crippen LogP contribution in [0.2, 0.25) is 0 Å². The molecular weight excluding hydrogens is 230 g/mol. The molecule has 96 valence electrons. The molecule has 0 saturated carbocycles. The summed E-state index contributed by atoms with van der Waals surface area (Å²) in [5.41, 5.74) is 2.61. The second kappa shape index (κ2) is 6.92. The van der Waals surface area contributed by atoms with E-state index in [4.69, 9.17) is 4.74 Å². The lowest BCUT2D eigenvalue weighted by Gasteiger charge is -2.17. The maximum absolute atomic E-state index is 5.46. The van der Waals surface area contributed by atoms with Crippen molar-refractivity contribution in [3.05, 3.63) is 23.3 Å². The van der Waals surface area contributed by atoms with Gasteiger partial charge in [0.1, 0.15) is 5.75 Å². The molecule has 0 spiro atoms. The van der Waals surface area contributed by atoms with E-state index >= 15 is 0 Å². The molecule has 0 heterocycles. The first-order valence-corrected chi connectivity index (χ1v) is 6.96. The van der Waals surface area contributed by atoms with E-state index in [1.54, 1.807) is 7.11 Å². The number of hydrogen-bond donors (Lipinski definition) is 1. The zero-order chi connectivity index (χ0) is 12.8. The Morgan fingerprint density at radius 3 is 2.47 bits per heavy atom. The Bertz CT molecular complexity index is 365. The van der Waals surface area contributed by atoms with Crippen LogP contribution in [0.4, 0.5) is 0 Å². The van der Waals surface area contributed by atoms with Gasteiger partial charge in [0.25, 0.3) is 0 Å². The van der Waals surface area contributed by atoms with Crippen LogP contribution in [-0.4, -0.2) is 26.0 Å². The lowest BCUT2D eigenvalue weighted by Crippen LogP contribution is -2.20. The van der Waals surface area contributed by atoms with E-state index in [0.717, 1.165) is 18.7 Å². The quantitative estimate of drug-likeness (QED) is 0.785. The number of nitrogens with one attached hydrogen (secondary N) is 1. The van der Waals surface area contributed by atoms with Crippen molar-refractivity contribution in [3.63, 3.8) is 0 Å². The molecule has 2 nitrogen and oxygen atoms in total. The maximum Gasteiger partial charge on any atom is 0.132 e. The second-order valence-electron chi connectivity index (χ2n) is 4.29. The summed E-state index contributed by atoms with van der Waals surface area (Å²) in [6.45, 7) is 7.52. The van der Waals surface area contributed by atoms with Gasteiger partial charge in [-0.15, -0.1) is 11.8 Å². The molecule has 0 radical (unpaired) electrons. The number of rotatable bonds is 6. The van der Waals surface area contributed by atoms with E-state index in [1.165, 1.54) is 16.0 Å². The van der Waals surface area contributed by atoms with Crippen LogP contribution in [0, 0.1) is 13.8 Å². The third kappa shape index (κ3) is 3.93. The highest BCUT2D eigenvalue weighted by Gasteiger charge is 2.12. The molecule has 3 heteroatoms. The van der Waals surface area contributed by atoms with Gasteiger partial charge in [-0.2, -0.15) is 0 Å². The molecule has 1 aromatic rings. The zero-order valence-corrected chi connectivity index (χ0v) is 12.3. The average Bonchev–Trinajstić information content (AvgIpc) is 2.32. The highest BCUT2D eigenvalue weighted by Crippen LogP contribution is 2.35. The normalized spacial score (nSPS) is 12.5. The summed E-state index contributed by atoms with van der Waals surface area (Å²) in [4.78, 5) is 1.25. The van der Waals surface area contributed by atoms with E-state index in [0.29, 0.717) is 5.25 Å². The van der Waals surface area contributed by atoms with Crippen molar-refractivity contribution in [3.8, 4) is 5.75 Å². The molecule has 0 saturated heterocycles. The number of methoxy groups -OCH3 is 1. The van der Waals surface area contributed by atoms with Gasteiger partial charge in [-0.05, 0) is 50.6 Å². The number of thioether (sulfide) groups is 1. The topological polar surface area (TPSA) is 21.3 Å². The Balaban J connectivity index is 2.91. The fraction of sp³-hybridized carbons (Fsp3) is 0.571. The third-order valence-electron chi connectivity index (χ3n) is 2.96. The van der Waals surface area contributed by atoms with Crippen molar-refractivity contribution < 1.29 is 4.74 Å². The van der Waals surface area contributed by atoms with E-state index in [2.05, 4.69) is 38.2 Å². The minimum Gasteiger partial charge on any atom is -0.496 e. The summed E-state index contributed by atoms with van der Waals surface area (Å²) < 4.78 is 5.46. The molecule has 0 fully saturated rings. The average molecular weight is 253 g/mol. The molecule has 1 unspecified atom stereocenters. The van der Waals surface area contributed by atoms with Crippen LogP contribution in [0.3, 0.4) is 0 Å². The molecule has 0 aromatic heterocycles. The van der Waals surface area contributed by atoms with Crippen molar-refractivity contribution in [1.82, 2.24) is 5.32 Å². The van der Waals surface area contributed by atoms with Crippen LogP contribution in [0.15, 0.2) is 17.0 Å². The number of hydrogen-bond acceptors (Lipinski definition) is 3. The van der Waals surface area contributed by atoms with Gasteiger partial charge < -0.3 is 10.1 Å².